The van der Waals surface area contributed by atoms with Gasteiger partial charge in [0.25, 0.3) is 5.91 Å². The van der Waals surface area contributed by atoms with Crippen LogP contribution >= 0.6 is 11.6 Å². The van der Waals surface area contributed by atoms with Gasteiger partial charge in [-0.25, -0.2) is 0 Å². The summed E-state index contributed by atoms with van der Waals surface area (Å²) in [5, 5.41) is 0.699. The molecule has 2 fully saturated rings. The van der Waals surface area contributed by atoms with Crippen LogP contribution in [-0.4, -0.2) is 52.8 Å². The van der Waals surface area contributed by atoms with Gasteiger partial charge in [0.15, 0.2) is 0 Å². The second kappa shape index (κ2) is 8.36. The number of amides is 2. The Balaban J connectivity index is 1.47. The van der Waals surface area contributed by atoms with Gasteiger partial charge in [-0.05, 0) is 55.0 Å². The molecule has 2 aliphatic heterocycles. The van der Waals surface area contributed by atoms with Gasteiger partial charge in [0.1, 0.15) is 0 Å². The normalized spacial score (nSPS) is 22.2. The van der Waals surface area contributed by atoms with Crippen LogP contribution in [0.4, 0.5) is 0 Å². The molecule has 2 aliphatic rings. The second-order valence-corrected chi connectivity index (χ2v) is 8.92. The van der Waals surface area contributed by atoms with Crippen LogP contribution in [0.25, 0.3) is 0 Å². The van der Waals surface area contributed by atoms with Crippen molar-refractivity contribution in [1.82, 2.24) is 14.8 Å². The fourth-order valence-corrected chi connectivity index (χ4v) is 4.98. The molecule has 3 atom stereocenters. The zero-order chi connectivity index (χ0) is 21.4. The summed E-state index contributed by atoms with van der Waals surface area (Å²) >= 11 is 6.34. The lowest BCUT2D eigenvalue weighted by Gasteiger charge is -2.29. The van der Waals surface area contributed by atoms with Crippen molar-refractivity contribution in [1.29, 1.82) is 0 Å². The van der Waals surface area contributed by atoms with Crippen molar-refractivity contribution in [3.05, 3.63) is 63.9 Å². The molecule has 0 radical (unpaired) electrons. The van der Waals surface area contributed by atoms with Gasteiger partial charge in [-0.3, -0.25) is 19.5 Å². The Morgan fingerprint density at radius 3 is 2.47 bits per heavy atom. The number of pyridine rings is 1. The summed E-state index contributed by atoms with van der Waals surface area (Å²) in [5.74, 6) is 0.516. The molecule has 2 amide bonds. The summed E-state index contributed by atoms with van der Waals surface area (Å²) in [6, 6.07) is 9.52. The van der Waals surface area contributed by atoms with Gasteiger partial charge >= 0.3 is 0 Å². The maximum atomic E-state index is 12.9. The van der Waals surface area contributed by atoms with E-state index in [0.29, 0.717) is 22.4 Å². The van der Waals surface area contributed by atoms with Gasteiger partial charge in [-0.15, -0.1) is 0 Å². The van der Waals surface area contributed by atoms with Gasteiger partial charge in [0.05, 0.1) is 5.56 Å². The minimum absolute atomic E-state index is 0.0561. The van der Waals surface area contributed by atoms with Crippen molar-refractivity contribution in [2.24, 2.45) is 17.6 Å². The van der Waals surface area contributed by atoms with Crippen LogP contribution in [0.1, 0.15) is 39.6 Å². The van der Waals surface area contributed by atoms with Crippen LogP contribution in [0.5, 0.6) is 0 Å². The summed E-state index contributed by atoms with van der Waals surface area (Å²) < 4.78 is 0. The lowest BCUT2D eigenvalue weighted by Crippen LogP contribution is -2.36. The number of aryl methyl sites for hydroxylation is 2. The predicted molar refractivity (Wildman–Crippen MR) is 116 cm³/mol. The third-order valence-corrected chi connectivity index (χ3v) is 6.86. The number of halogens is 1. The highest BCUT2D eigenvalue weighted by molar-refractivity contribution is 6.31. The standard InChI is InChI=1S/C23H27ClN4O2/c1-14-5-6-16(8-20(14)24)21(9-22(25)29)27-10-17-12-28(13-18(17)11-27)23(30)19-4-3-7-26-15(19)2/h3-8,17-18,21H,9-13H2,1-2H3,(H2,25,29). The molecule has 3 heterocycles. The van der Waals surface area contributed by atoms with E-state index >= 15 is 0 Å². The van der Waals surface area contributed by atoms with Gasteiger partial charge in [0.2, 0.25) is 5.91 Å². The number of carbonyl (C=O) groups is 2. The van der Waals surface area contributed by atoms with Gasteiger partial charge in [-0.2, -0.15) is 0 Å². The Morgan fingerprint density at radius 1 is 1.17 bits per heavy atom. The molecule has 0 spiro atoms. The molecular formula is C23H27ClN4O2. The average Bonchev–Trinajstić information content (AvgIpc) is 3.27. The first kappa shape index (κ1) is 20.8. The number of hydrogen-bond acceptors (Lipinski definition) is 4. The fourth-order valence-electron chi connectivity index (χ4n) is 4.80. The van der Waals surface area contributed by atoms with E-state index in [2.05, 4.69) is 9.88 Å². The largest absolute Gasteiger partial charge is 0.370 e. The van der Waals surface area contributed by atoms with Crippen LogP contribution in [0.15, 0.2) is 36.5 Å². The number of rotatable bonds is 5. The first-order valence-electron chi connectivity index (χ1n) is 10.3. The maximum Gasteiger partial charge on any atom is 0.255 e. The lowest BCUT2D eigenvalue weighted by molar-refractivity contribution is -0.119. The average molecular weight is 427 g/mol. The third-order valence-electron chi connectivity index (χ3n) is 6.46. The summed E-state index contributed by atoms with van der Waals surface area (Å²) in [6.45, 7) is 6.96. The van der Waals surface area contributed by atoms with E-state index < -0.39 is 0 Å². The maximum absolute atomic E-state index is 12.9. The second-order valence-electron chi connectivity index (χ2n) is 8.52. The van der Waals surface area contributed by atoms with Gasteiger partial charge in [-0.1, -0.05) is 23.7 Å². The SMILES string of the molecule is Cc1ccc(C(CC(N)=O)N2CC3CN(C(=O)c4cccnc4C)CC3C2)cc1Cl. The minimum atomic E-state index is -0.322. The summed E-state index contributed by atoms with van der Waals surface area (Å²) in [5.41, 5.74) is 9.03. The molecule has 2 saturated heterocycles. The van der Waals surface area contributed by atoms with E-state index in [4.69, 9.17) is 17.3 Å². The van der Waals surface area contributed by atoms with Crippen LogP contribution in [0.2, 0.25) is 5.02 Å². The number of fused-ring (bicyclic) bond motifs is 1. The van der Waals surface area contributed by atoms with E-state index in [0.717, 1.165) is 43.0 Å². The number of aromatic nitrogens is 1. The molecule has 7 heteroatoms. The first-order chi connectivity index (χ1) is 14.3. The fraction of sp³-hybridized carbons (Fsp3) is 0.435. The molecule has 0 aliphatic carbocycles. The molecule has 3 unspecified atom stereocenters. The van der Waals surface area contributed by atoms with Crippen molar-refractivity contribution < 1.29 is 9.59 Å². The van der Waals surface area contributed by atoms with Crippen LogP contribution in [0, 0.1) is 25.7 Å². The minimum Gasteiger partial charge on any atom is -0.370 e. The zero-order valence-corrected chi connectivity index (χ0v) is 18.1. The molecule has 0 saturated carbocycles. The number of benzene rings is 1. The Labute approximate surface area is 182 Å². The summed E-state index contributed by atoms with van der Waals surface area (Å²) in [6.07, 6.45) is 1.97. The van der Waals surface area contributed by atoms with E-state index in [9.17, 15) is 9.59 Å². The van der Waals surface area contributed by atoms with Crippen molar-refractivity contribution in [3.8, 4) is 0 Å². The van der Waals surface area contributed by atoms with Gasteiger partial charge in [0, 0.05) is 55.6 Å². The molecule has 6 nitrogen and oxygen atoms in total. The Kier molecular flexibility index (Phi) is 5.80. The predicted octanol–water partition coefficient (Wildman–Crippen LogP) is 2.97. The number of likely N-dealkylation sites (tertiary alicyclic amines) is 2. The van der Waals surface area contributed by atoms with Crippen molar-refractivity contribution in [3.63, 3.8) is 0 Å². The topological polar surface area (TPSA) is 79.5 Å². The van der Waals surface area contributed by atoms with Crippen LogP contribution in [0.3, 0.4) is 0 Å². The highest BCUT2D eigenvalue weighted by Crippen LogP contribution is 2.38. The monoisotopic (exact) mass is 426 g/mol. The Morgan fingerprint density at radius 2 is 1.87 bits per heavy atom. The molecule has 2 N–H and O–H groups in total. The quantitative estimate of drug-likeness (QED) is 0.797. The molecule has 4 rings (SSSR count). The van der Waals surface area contributed by atoms with E-state index in [-0.39, 0.29) is 24.3 Å². The Hall–Kier alpha value is -2.44. The van der Waals surface area contributed by atoms with Crippen molar-refractivity contribution in [2.75, 3.05) is 26.2 Å². The molecule has 2 aromatic rings. The number of primary amides is 1. The highest BCUT2D eigenvalue weighted by atomic mass is 35.5. The molecule has 30 heavy (non-hydrogen) atoms. The summed E-state index contributed by atoms with van der Waals surface area (Å²) in [7, 11) is 0. The highest BCUT2D eigenvalue weighted by Gasteiger charge is 2.44. The summed E-state index contributed by atoms with van der Waals surface area (Å²) in [4.78, 5) is 33.2. The number of carbonyl (C=O) groups excluding carboxylic acids is 2. The van der Waals surface area contributed by atoms with Crippen LogP contribution < -0.4 is 5.73 Å². The number of nitrogens with two attached hydrogens (primary N) is 1. The smallest absolute Gasteiger partial charge is 0.255 e. The molecule has 0 bridgehead atoms. The molecule has 1 aromatic heterocycles. The Bertz CT molecular complexity index is 965. The van der Waals surface area contributed by atoms with Crippen molar-refractivity contribution >= 4 is 23.4 Å². The lowest BCUT2D eigenvalue weighted by atomic mass is 10.0. The van der Waals surface area contributed by atoms with E-state index in [1.165, 1.54) is 0 Å². The van der Waals surface area contributed by atoms with E-state index in [1.54, 1.807) is 12.3 Å². The molecular weight excluding hydrogens is 400 g/mol. The number of hydrogen-bond donors (Lipinski definition) is 1. The van der Waals surface area contributed by atoms with Crippen molar-refractivity contribution in [2.45, 2.75) is 26.3 Å². The first-order valence-corrected chi connectivity index (χ1v) is 10.7. The third kappa shape index (κ3) is 4.07. The van der Waals surface area contributed by atoms with Crippen LogP contribution in [-0.2, 0) is 4.79 Å². The molecule has 158 valence electrons. The zero-order valence-electron chi connectivity index (χ0n) is 17.3. The van der Waals surface area contributed by atoms with E-state index in [1.807, 2.05) is 43.0 Å². The number of nitrogens with zero attached hydrogens (tertiary/aromatic N) is 3. The van der Waals surface area contributed by atoms with Gasteiger partial charge < -0.3 is 10.6 Å². The molecule has 1 aromatic carbocycles.